The Hall–Kier alpha value is -6.26. The van der Waals surface area contributed by atoms with E-state index in [2.05, 4.69) is 146 Å². The van der Waals surface area contributed by atoms with E-state index in [9.17, 15) is 0 Å². The van der Waals surface area contributed by atoms with E-state index in [0.29, 0.717) is 0 Å². The predicted molar refractivity (Wildman–Crippen MR) is 209 cm³/mol. The van der Waals surface area contributed by atoms with Crippen LogP contribution in [-0.2, 0) is 0 Å². The summed E-state index contributed by atoms with van der Waals surface area (Å²) in [6.07, 6.45) is 4.15. The maximum Gasteiger partial charge on any atom is 0.127 e. The van der Waals surface area contributed by atoms with Crippen molar-refractivity contribution in [3.63, 3.8) is 0 Å². The topological polar surface area (TPSA) is 36.9 Å². The van der Waals surface area contributed by atoms with Crippen molar-refractivity contribution in [2.45, 2.75) is 0 Å². The molecule has 0 saturated heterocycles. The van der Waals surface area contributed by atoms with E-state index in [1.807, 2.05) is 0 Å². The van der Waals surface area contributed by atoms with Gasteiger partial charge in [0.2, 0.25) is 0 Å². The molecule has 0 heterocycles. The van der Waals surface area contributed by atoms with Crippen LogP contribution in [0.5, 0.6) is 23.0 Å². The summed E-state index contributed by atoms with van der Waals surface area (Å²) in [7, 11) is 6.87. The van der Waals surface area contributed by atoms with Crippen LogP contribution < -0.4 is 18.9 Å². The van der Waals surface area contributed by atoms with E-state index >= 15 is 0 Å². The van der Waals surface area contributed by atoms with Gasteiger partial charge in [-0.25, -0.2) is 0 Å². The molecule has 8 rings (SSSR count). The summed E-state index contributed by atoms with van der Waals surface area (Å²) in [6, 6.07) is 46.9. The van der Waals surface area contributed by atoms with Gasteiger partial charge in [-0.15, -0.1) is 0 Å². The van der Waals surface area contributed by atoms with Gasteiger partial charge >= 0.3 is 0 Å². The molecule has 0 amide bonds. The Labute approximate surface area is 291 Å². The second-order valence-electron chi connectivity index (χ2n) is 12.4. The smallest absolute Gasteiger partial charge is 0.127 e. The third kappa shape index (κ3) is 5.65. The molecule has 8 aromatic rings. The van der Waals surface area contributed by atoms with Crippen LogP contribution >= 0.6 is 0 Å². The zero-order valence-electron chi connectivity index (χ0n) is 28.5. The molecule has 0 aliphatic carbocycles. The van der Waals surface area contributed by atoms with Gasteiger partial charge in [0, 0.05) is 22.3 Å². The van der Waals surface area contributed by atoms with E-state index in [0.717, 1.165) is 77.9 Å². The van der Waals surface area contributed by atoms with Crippen molar-refractivity contribution in [2.75, 3.05) is 28.4 Å². The number of ether oxygens (including phenoxy) is 4. The normalized spacial score (nSPS) is 11.5. The molecule has 244 valence electrons. The molecule has 0 N–H and O–H groups in total. The van der Waals surface area contributed by atoms with Crippen molar-refractivity contribution in [3.8, 4) is 45.3 Å². The highest BCUT2D eigenvalue weighted by molar-refractivity contribution is 5.98. The van der Waals surface area contributed by atoms with Gasteiger partial charge in [0.05, 0.1) is 28.4 Å². The average molecular weight is 653 g/mol. The van der Waals surface area contributed by atoms with Crippen LogP contribution in [0.1, 0.15) is 11.1 Å². The molecule has 0 bridgehead atoms. The fraction of sp³-hybridized carbons (Fsp3) is 0.0870. The first-order valence-electron chi connectivity index (χ1n) is 16.6. The van der Waals surface area contributed by atoms with E-state index in [1.54, 1.807) is 28.4 Å². The van der Waals surface area contributed by atoms with Gasteiger partial charge < -0.3 is 18.9 Å². The minimum Gasteiger partial charge on any atom is -0.496 e. The first-order chi connectivity index (χ1) is 24.5. The Kier molecular flexibility index (Phi) is 8.06. The minimum absolute atomic E-state index is 0.782. The molecular formula is C46H36O4. The van der Waals surface area contributed by atoms with Crippen LogP contribution in [0, 0.1) is 0 Å². The van der Waals surface area contributed by atoms with Crippen LogP contribution in [0.2, 0.25) is 0 Å². The number of methoxy groups -OCH3 is 4. The molecule has 0 radical (unpaired) electrons. The molecule has 0 aliphatic heterocycles. The van der Waals surface area contributed by atoms with Gasteiger partial charge in [0.15, 0.2) is 0 Å². The molecule has 0 saturated carbocycles. The molecule has 0 aliphatic rings. The first kappa shape index (κ1) is 31.0. The third-order valence-corrected chi connectivity index (χ3v) is 9.58. The molecule has 0 aromatic heterocycles. The summed E-state index contributed by atoms with van der Waals surface area (Å²) in [5.74, 6) is 3.21. The lowest BCUT2D eigenvalue weighted by Gasteiger charge is -2.15. The standard InChI is InChI=1S/C46H36O4/c1-47-43-25-39-23-41(33-15-13-29-9-5-7-11-31(29)19-33)45(49-3)27-37(39)21-35(43)17-18-36-22-38-28-46(50-4)42(24-40(38)26-44(36)48-2)34-16-14-30-10-6-8-12-32(30)20-34/h5-28H,1-4H3. The number of benzene rings is 8. The van der Waals surface area contributed by atoms with E-state index in [-0.39, 0.29) is 0 Å². The molecule has 4 nitrogen and oxygen atoms in total. The number of hydrogen-bond donors (Lipinski definition) is 0. The SMILES string of the molecule is COc1cc2cc(-c3ccc4ccccc4c3)c(OC)cc2cc1C=Cc1cc2cc(OC)c(-c3ccc4ccccc4c3)cc2cc1OC. The average Bonchev–Trinajstić information content (AvgIpc) is 3.17. The van der Waals surface area contributed by atoms with Crippen molar-refractivity contribution in [1.29, 1.82) is 0 Å². The van der Waals surface area contributed by atoms with Crippen molar-refractivity contribution in [3.05, 3.63) is 145 Å². The Morgan fingerprint density at radius 1 is 0.320 bits per heavy atom. The van der Waals surface area contributed by atoms with E-state index in [4.69, 9.17) is 18.9 Å². The molecule has 50 heavy (non-hydrogen) atoms. The summed E-state index contributed by atoms with van der Waals surface area (Å²) in [5, 5.41) is 9.06. The zero-order chi connectivity index (χ0) is 34.2. The van der Waals surface area contributed by atoms with Crippen molar-refractivity contribution in [2.24, 2.45) is 0 Å². The fourth-order valence-corrected chi connectivity index (χ4v) is 6.95. The lowest BCUT2D eigenvalue weighted by molar-refractivity contribution is 0.413. The Balaban J connectivity index is 1.17. The Bertz CT molecular complexity index is 2420. The molecular weight excluding hydrogens is 617 g/mol. The summed E-state index contributed by atoms with van der Waals surface area (Å²) in [4.78, 5) is 0. The molecule has 0 fully saturated rings. The van der Waals surface area contributed by atoms with Gasteiger partial charge in [-0.3, -0.25) is 0 Å². The molecule has 0 spiro atoms. The maximum absolute atomic E-state index is 5.92. The fourth-order valence-electron chi connectivity index (χ4n) is 6.95. The third-order valence-electron chi connectivity index (χ3n) is 9.58. The molecule has 8 aromatic carbocycles. The summed E-state index contributed by atoms with van der Waals surface area (Å²) in [5.41, 5.74) is 6.19. The van der Waals surface area contributed by atoms with Crippen molar-refractivity contribution in [1.82, 2.24) is 0 Å². The summed E-state index contributed by atoms with van der Waals surface area (Å²) in [6.45, 7) is 0. The predicted octanol–water partition coefficient (Wildman–Crippen LogP) is 11.8. The Morgan fingerprint density at radius 2 is 0.680 bits per heavy atom. The largest absolute Gasteiger partial charge is 0.496 e. The van der Waals surface area contributed by atoms with E-state index in [1.165, 1.54) is 21.5 Å². The highest BCUT2D eigenvalue weighted by Gasteiger charge is 2.14. The second kappa shape index (κ2) is 13.0. The lowest BCUT2D eigenvalue weighted by atomic mass is 9.95. The molecule has 0 atom stereocenters. The Morgan fingerprint density at radius 3 is 1.08 bits per heavy atom. The monoisotopic (exact) mass is 652 g/mol. The highest BCUT2D eigenvalue weighted by Crippen LogP contribution is 2.40. The van der Waals surface area contributed by atoms with E-state index < -0.39 is 0 Å². The van der Waals surface area contributed by atoms with Gasteiger partial charge in [-0.05, 0) is 115 Å². The zero-order valence-corrected chi connectivity index (χ0v) is 28.5. The molecule has 0 unspecified atom stereocenters. The highest BCUT2D eigenvalue weighted by atomic mass is 16.5. The number of hydrogen-bond acceptors (Lipinski definition) is 4. The van der Waals surface area contributed by atoms with Crippen LogP contribution in [0.3, 0.4) is 0 Å². The maximum atomic E-state index is 5.92. The van der Waals surface area contributed by atoms with Gasteiger partial charge in [0.1, 0.15) is 23.0 Å². The number of fused-ring (bicyclic) bond motifs is 4. The van der Waals surface area contributed by atoms with Crippen molar-refractivity contribution >= 4 is 55.2 Å². The van der Waals surface area contributed by atoms with Gasteiger partial charge in [0.25, 0.3) is 0 Å². The van der Waals surface area contributed by atoms with Crippen LogP contribution in [0.4, 0.5) is 0 Å². The van der Waals surface area contributed by atoms with Gasteiger partial charge in [-0.1, -0.05) is 84.9 Å². The van der Waals surface area contributed by atoms with Crippen molar-refractivity contribution < 1.29 is 18.9 Å². The lowest BCUT2D eigenvalue weighted by Crippen LogP contribution is -1.93. The summed E-state index contributed by atoms with van der Waals surface area (Å²) >= 11 is 0. The van der Waals surface area contributed by atoms with Crippen LogP contribution in [-0.4, -0.2) is 28.4 Å². The quantitative estimate of drug-likeness (QED) is 0.153. The minimum atomic E-state index is 0.782. The first-order valence-corrected chi connectivity index (χ1v) is 16.6. The van der Waals surface area contributed by atoms with Crippen LogP contribution in [0.25, 0.3) is 77.5 Å². The number of rotatable bonds is 8. The van der Waals surface area contributed by atoms with Gasteiger partial charge in [-0.2, -0.15) is 0 Å². The second-order valence-corrected chi connectivity index (χ2v) is 12.4. The van der Waals surface area contributed by atoms with Crippen LogP contribution in [0.15, 0.2) is 133 Å². The summed E-state index contributed by atoms with van der Waals surface area (Å²) < 4.78 is 23.7. The molecule has 4 heteroatoms.